The third-order valence-corrected chi connectivity index (χ3v) is 5.76. The highest BCUT2D eigenvalue weighted by Gasteiger charge is 2.55. The highest BCUT2D eigenvalue weighted by atomic mass is 16.6. The summed E-state index contributed by atoms with van der Waals surface area (Å²) < 4.78 is 17.6. The maximum Gasteiger partial charge on any atom is 0.418 e. The Morgan fingerprint density at radius 3 is 3.12 bits per heavy atom. The zero-order valence-electron chi connectivity index (χ0n) is 14.6. The van der Waals surface area contributed by atoms with Crippen molar-refractivity contribution in [3.63, 3.8) is 0 Å². The number of carbonyl (C=O) groups is 2. The molecule has 1 aliphatic carbocycles. The van der Waals surface area contributed by atoms with Crippen LogP contribution in [0.1, 0.15) is 36.3 Å². The number of rotatable bonds is 0. The van der Waals surface area contributed by atoms with Crippen molar-refractivity contribution in [1.29, 1.82) is 0 Å². The van der Waals surface area contributed by atoms with Gasteiger partial charge in [-0.15, -0.1) is 0 Å². The first kappa shape index (κ1) is 16.0. The van der Waals surface area contributed by atoms with E-state index in [4.69, 9.17) is 14.2 Å². The Labute approximate surface area is 150 Å². The second kappa shape index (κ2) is 5.65. The molecule has 1 aromatic heterocycles. The lowest BCUT2D eigenvalue weighted by Gasteiger charge is -2.50. The molecule has 1 spiro atoms. The van der Waals surface area contributed by atoms with E-state index < -0.39 is 17.9 Å². The quantitative estimate of drug-likeness (QED) is 0.746. The van der Waals surface area contributed by atoms with Gasteiger partial charge in [0.2, 0.25) is 11.8 Å². The molecule has 8 nitrogen and oxygen atoms in total. The molecule has 138 valence electrons. The molecule has 26 heavy (non-hydrogen) atoms. The van der Waals surface area contributed by atoms with Crippen molar-refractivity contribution in [1.82, 2.24) is 15.2 Å². The molecule has 1 saturated carbocycles. The van der Waals surface area contributed by atoms with E-state index in [0.29, 0.717) is 25.5 Å². The van der Waals surface area contributed by atoms with E-state index in [2.05, 4.69) is 10.3 Å². The number of morpholine rings is 1. The van der Waals surface area contributed by atoms with Gasteiger partial charge in [-0.1, -0.05) is 0 Å². The van der Waals surface area contributed by atoms with Crippen LogP contribution in [0.4, 0.5) is 4.79 Å². The summed E-state index contributed by atoms with van der Waals surface area (Å²) in [7, 11) is 0. The fourth-order valence-corrected chi connectivity index (χ4v) is 4.45. The van der Waals surface area contributed by atoms with Gasteiger partial charge in [0.15, 0.2) is 6.23 Å². The van der Waals surface area contributed by atoms with Crippen molar-refractivity contribution in [2.24, 2.45) is 0 Å². The molecule has 2 saturated heterocycles. The van der Waals surface area contributed by atoms with Crippen LogP contribution in [0.15, 0.2) is 12.3 Å². The van der Waals surface area contributed by atoms with Crippen LogP contribution in [0.2, 0.25) is 0 Å². The topological polar surface area (TPSA) is 90.0 Å². The van der Waals surface area contributed by atoms with E-state index in [1.807, 2.05) is 13.0 Å². The predicted molar refractivity (Wildman–Crippen MR) is 88.6 cm³/mol. The molecule has 3 fully saturated rings. The molecule has 1 unspecified atom stereocenters. The van der Waals surface area contributed by atoms with Crippen molar-refractivity contribution in [3.05, 3.63) is 23.4 Å². The molecule has 2 amide bonds. The Hall–Kier alpha value is -2.19. The molecule has 5 rings (SSSR count). The van der Waals surface area contributed by atoms with E-state index in [0.717, 1.165) is 24.0 Å². The molecule has 4 heterocycles. The largest absolute Gasteiger partial charge is 0.418 e. The minimum Gasteiger partial charge on any atom is -0.391 e. The van der Waals surface area contributed by atoms with Crippen LogP contribution in [0.5, 0.6) is 5.88 Å². The molecule has 1 N–H and O–H groups in total. The zero-order valence-corrected chi connectivity index (χ0v) is 14.6. The first-order valence-corrected chi connectivity index (χ1v) is 9.05. The van der Waals surface area contributed by atoms with Gasteiger partial charge < -0.3 is 19.5 Å². The van der Waals surface area contributed by atoms with Gasteiger partial charge in [-0.05, 0) is 37.8 Å². The summed E-state index contributed by atoms with van der Waals surface area (Å²) in [5.74, 6) is 0.351. The maximum absolute atomic E-state index is 12.9. The molecule has 8 heteroatoms. The Morgan fingerprint density at radius 1 is 1.38 bits per heavy atom. The van der Waals surface area contributed by atoms with E-state index in [9.17, 15) is 9.59 Å². The van der Waals surface area contributed by atoms with Crippen molar-refractivity contribution in [2.45, 2.75) is 50.0 Å². The molecule has 1 aromatic rings. The Bertz CT molecular complexity index is 780. The van der Waals surface area contributed by atoms with Crippen molar-refractivity contribution in [2.75, 3.05) is 19.8 Å². The lowest BCUT2D eigenvalue weighted by atomic mass is 9.86. The summed E-state index contributed by atoms with van der Waals surface area (Å²) in [6.07, 6.45) is 2.84. The second-order valence-corrected chi connectivity index (χ2v) is 7.58. The number of nitrogens with zero attached hydrogens (tertiary/aromatic N) is 2. The molecule has 0 radical (unpaired) electrons. The minimum atomic E-state index is -0.723. The summed E-state index contributed by atoms with van der Waals surface area (Å²) in [6.45, 7) is 2.87. The smallest absolute Gasteiger partial charge is 0.391 e. The number of aryl methyl sites for hydroxylation is 1. The summed E-state index contributed by atoms with van der Waals surface area (Å²) in [4.78, 5) is 30.7. The number of fused-ring (bicyclic) bond motifs is 5. The lowest BCUT2D eigenvalue weighted by molar-refractivity contribution is -0.171. The van der Waals surface area contributed by atoms with Crippen molar-refractivity contribution < 1.29 is 23.8 Å². The number of hydrogen-bond donors (Lipinski definition) is 1. The second-order valence-electron chi connectivity index (χ2n) is 7.58. The summed E-state index contributed by atoms with van der Waals surface area (Å²) in [5, 5.41) is 3.04. The van der Waals surface area contributed by atoms with Gasteiger partial charge in [-0.2, -0.15) is 0 Å². The number of amides is 2. The number of nitrogens with one attached hydrogen (secondary N) is 1. The molecule has 4 aliphatic rings. The van der Waals surface area contributed by atoms with Gasteiger partial charge in [0.05, 0.1) is 12.7 Å². The van der Waals surface area contributed by atoms with Crippen LogP contribution in [-0.4, -0.2) is 59.5 Å². The SMILES string of the molecule is Cc1ccnc2c1C1C[C@H]1O[C@@H]1N(CCC[C@@]13COCC(=O)N3)C(=O)O2. The fourth-order valence-electron chi connectivity index (χ4n) is 4.45. The number of hydrogen-bond acceptors (Lipinski definition) is 6. The van der Waals surface area contributed by atoms with E-state index in [-0.39, 0.29) is 24.5 Å². The van der Waals surface area contributed by atoms with E-state index >= 15 is 0 Å². The van der Waals surface area contributed by atoms with Gasteiger partial charge in [0.1, 0.15) is 12.1 Å². The van der Waals surface area contributed by atoms with Crippen LogP contribution in [0.3, 0.4) is 0 Å². The number of carbonyl (C=O) groups excluding carboxylic acids is 2. The Morgan fingerprint density at radius 2 is 2.27 bits per heavy atom. The summed E-state index contributed by atoms with van der Waals surface area (Å²) >= 11 is 0. The van der Waals surface area contributed by atoms with Gasteiger partial charge >= 0.3 is 6.09 Å². The van der Waals surface area contributed by atoms with Crippen molar-refractivity contribution in [3.8, 4) is 5.88 Å². The number of ether oxygens (including phenoxy) is 3. The normalized spacial score (nSPS) is 35.9. The molecular formula is C18H21N3O5. The minimum absolute atomic E-state index is 0.0209. The van der Waals surface area contributed by atoms with Gasteiger partial charge in [-0.25, -0.2) is 9.78 Å². The molecule has 0 bridgehead atoms. The van der Waals surface area contributed by atoms with Gasteiger partial charge in [0.25, 0.3) is 0 Å². The van der Waals surface area contributed by atoms with E-state index in [1.165, 1.54) is 0 Å². The maximum atomic E-state index is 12.9. The molecular weight excluding hydrogens is 338 g/mol. The summed E-state index contributed by atoms with van der Waals surface area (Å²) in [6, 6.07) is 1.92. The van der Waals surface area contributed by atoms with Crippen LogP contribution < -0.4 is 10.1 Å². The molecule has 0 aromatic carbocycles. The number of piperidine rings is 1. The van der Waals surface area contributed by atoms with Crippen LogP contribution >= 0.6 is 0 Å². The van der Waals surface area contributed by atoms with Gasteiger partial charge in [0, 0.05) is 24.2 Å². The third-order valence-electron chi connectivity index (χ3n) is 5.76. The predicted octanol–water partition coefficient (Wildman–Crippen LogP) is 1.08. The molecule has 4 atom stereocenters. The highest BCUT2D eigenvalue weighted by Crippen LogP contribution is 2.50. The monoisotopic (exact) mass is 359 g/mol. The van der Waals surface area contributed by atoms with Gasteiger partial charge in [-0.3, -0.25) is 9.69 Å². The lowest BCUT2D eigenvalue weighted by Crippen LogP contribution is -2.71. The van der Waals surface area contributed by atoms with Crippen LogP contribution in [0, 0.1) is 6.92 Å². The number of aromatic nitrogens is 1. The number of pyridine rings is 1. The van der Waals surface area contributed by atoms with Crippen LogP contribution in [0.25, 0.3) is 0 Å². The zero-order chi connectivity index (χ0) is 17.9. The first-order chi connectivity index (χ1) is 12.6. The van der Waals surface area contributed by atoms with Crippen molar-refractivity contribution >= 4 is 12.0 Å². The highest BCUT2D eigenvalue weighted by molar-refractivity contribution is 5.79. The third kappa shape index (κ3) is 2.39. The Kier molecular flexibility index (Phi) is 3.48. The first-order valence-electron chi connectivity index (χ1n) is 9.05. The average molecular weight is 359 g/mol. The summed E-state index contributed by atoms with van der Waals surface area (Å²) in [5.41, 5.74) is 1.27. The average Bonchev–Trinajstić information content (AvgIpc) is 3.34. The standard InChI is InChI=1S/C18H21N3O5/c1-10-3-5-19-15-14(10)11-7-12(11)25-16-18(9-24-8-13(22)20-18)4-2-6-21(16)17(23)26-15/h3,5,11-12,16H,2,4,6-9H2,1H3,(H,20,22)/t11?,12-,16+,18-/m1/s1. The molecule has 3 aliphatic heterocycles. The van der Waals surface area contributed by atoms with E-state index in [1.54, 1.807) is 11.1 Å². The van der Waals surface area contributed by atoms with Crippen LogP contribution in [-0.2, 0) is 14.3 Å². The Balaban J connectivity index is 1.54. The fraction of sp³-hybridized carbons (Fsp3) is 0.611.